The Kier molecular flexibility index (Phi) is 6.13. The highest BCUT2D eigenvalue weighted by atomic mass is 35.5. The number of benzene rings is 1. The predicted molar refractivity (Wildman–Crippen MR) is 83.9 cm³/mol. The van der Waals surface area contributed by atoms with Gasteiger partial charge < -0.3 is 9.47 Å². The Labute approximate surface area is 131 Å². The molecule has 0 unspecified atom stereocenters. The van der Waals surface area contributed by atoms with E-state index in [0.717, 1.165) is 11.3 Å². The summed E-state index contributed by atoms with van der Waals surface area (Å²) in [6, 6.07) is 7.44. The number of thiazole rings is 1. The highest BCUT2D eigenvalue weighted by Crippen LogP contribution is 2.30. The molecule has 0 saturated heterocycles. The number of carbonyl (C=O) groups is 1. The first-order valence-electron chi connectivity index (χ1n) is 6.27. The van der Waals surface area contributed by atoms with E-state index in [0.29, 0.717) is 23.4 Å². The predicted octanol–water partition coefficient (Wildman–Crippen LogP) is 3.07. The fourth-order valence-corrected chi connectivity index (χ4v) is 2.55. The number of hydrogen-bond acceptors (Lipinski definition) is 5. The van der Waals surface area contributed by atoms with Crippen LogP contribution in [0, 0.1) is 0 Å². The summed E-state index contributed by atoms with van der Waals surface area (Å²) in [5.74, 6) is -0.244. The number of halogens is 1. The van der Waals surface area contributed by atoms with E-state index in [1.165, 1.54) is 11.3 Å². The van der Waals surface area contributed by atoms with E-state index >= 15 is 0 Å². The van der Waals surface area contributed by atoms with Gasteiger partial charge >= 0.3 is 0 Å². The lowest BCUT2D eigenvalue weighted by Crippen LogP contribution is -2.19. The molecule has 1 aromatic carbocycles. The van der Waals surface area contributed by atoms with Crippen LogP contribution in [0.5, 0.6) is 0 Å². The van der Waals surface area contributed by atoms with Crippen molar-refractivity contribution in [3.8, 4) is 11.3 Å². The standard InChI is InChI=1S/C14H15ClN2O3S/c1-19-6-7-20-8-13(18)17-14-16-12(9-21-14)10-4-2-3-5-11(10)15/h2-5,9H,6-8H2,1H3,(H,16,17,18). The molecule has 0 fully saturated rings. The average Bonchev–Trinajstić information content (AvgIpc) is 2.92. The van der Waals surface area contributed by atoms with E-state index in [4.69, 9.17) is 21.1 Å². The number of hydrogen-bond donors (Lipinski definition) is 1. The van der Waals surface area contributed by atoms with E-state index < -0.39 is 0 Å². The van der Waals surface area contributed by atoms with Crippen LogP contribution in [0.25, 0.3) is 11.3 Å². The molecule has 1 N–H and O–H groups in total. The molecule has 2 aromatic rings. The molecule has 0 aliphatic carbocycles. The molecule has 1 amide bonds. The van der Waals surface area contributed by atoms with E-state index in [1.807, 2.05) is 23.6 Å². The Morgan fingerprint density at radius 3 is 2.95 bits per heavy atom. The van der Waals surface area contributed by atoms with Crippen LogP contribution in [0.2, 0.25) is 5.02 Å². The van der Waals surface area contributed by atoms with Crippen LogP contribution in [0.15, 0.2) is 29.6 Å². The minimum Gasteiger partial charge on any atom is -0.382 e. The topological polar surface area (TPSA) is 60.5 Å². The molecule has 21 heavy (non-hydrogen) atoms. The summed E-state index contributed by atoms with van der Waals surface area (Å²) in [7, 11) is 1.58. The number of ether oxygens (including phenoxy) is 2. The SMILES string of the molecule is COCCOCC(=O)Nc1nc(-c2ccccc2Cl)cs1. The average molecular weight is 327 g/mol. The maximum absolute atomic E-state index is 11.7. The monoisotopic (exact) mass is 326 g/mol. The second kappa shape index (κ2) is 8.09. The van der Waals surface area contributed by atoms with Gasteiger partial charge in [-0.25, -0.2) is 4.98 Å². The van der Waals surface area contributed by atoms with Gasteiger partial charge in [0.15, 0.2) is 5.13 Å². The van der Waals surface area contributed by atoms with Gasteiger partial charge in [-0.2, -0.15) is 0 Å². The molecule has 0 aliphatic rings. The molecular weight excluding hydrogens is 312 g/mol. The highest BCUT2D eigenvalue weighted by Gasteiger charge is 2.10. The largest absolute Gasteiger partial charge is 0.382 e. The Morgan fingerprint density at radius 1 is 1.38 bits per heavy atom. The number of nitrogens with zero attached hydrogens (tertiary/aromatic N) is 1. The molecule has 1 aromatic heterocycles. The van der Waals surface area contributed by atoms with E-state index in [1.54, 1.807) is 13.2 Å². The Bertz CT molecular complexity index is 603. The lowest BCUT2D eigenvalue weighted by molar-refractivity contribution is -0.121. The molecule has 0 aliphatic heterocycles. The fourth-order valence-electron chi connectivity index (χ4n) is 1.59. The molecule has 0 bridgehead atoms. The smallest absolute Gasteiger partial charge is 0.252 e. The molecule has 112 valence electrons. The summed E-state index contributed by atoms with van der Waals surface area (Å²) in [6.07, 6.45) is 0. The first-order chi connectivity index (χ1) is 10.2. The summed E-state index contributed by atoms with van der Waals surface area (Å²) in [5.41, 5.74) is 1.58. The van der Waals surface area contributed by atoms with Crippen LogP contribution in [0.1, 0.15) is 0 Å². The van der Waals surface area contributed by atoms with E-state index in [9.17, 15) is 4.79 Å². The second-order valence-electron chi connectivity index (χ2n) is 4.11. The third-order valence-electron chi connectivity index (χ3n) is 2.57. The first kappa shape index (κ1) is 15.9. The minimum atomic E-state index is -0.244. The van der Waals surface area contributed by atoms with Gasteiger partial charge in [0.2, 0.25) is 0 Å². The molecule has 0 radical (unpaired) electrons. The van der Waals surface area contributed by atoms with E-state index in [-0.39, 0.29) is 12.5 Å². The Balaban J connectivity index is 1.91. The highest BCUT2D eigenvalue weighted by molar-refractivity contribution is 7.14. The van der Waals surface area contributed by atoms with Crippen molar-refractivity contribution in [2.75, 3.05) is 32.2 Å². The van der Waals surface area contributed by atoms with Crippen molar-refractivity contribution < 1.29 is 14.3 Å². The van der Waals surface area contributed by atoms with Gasteiger partial charge in [-0.1, -0.05) is 29.8 Å². The van der Waals surface area contributed by atoms with Crippen molar-refractivity contribution in [3.05, 3.63) is 34.7 Å². The van der Waals surface area contributed by atoms with Gasteiger partial charge in [0.25, 0.3) is 5.91 Å². The first-order valence-corrected chi connectivity index (χ1v) is 7.53. The summed E-state index contributed by atoms with van der Waals surface area (Å²) >= 11 is 7.46. The number of anilines is 1. The van der Waals surface area contributed by atoms with Gasteiger partial charge in [-0.05, 0) is 6.07 Å². The zero-order chi connectivity index (χ0) is 15.1. The minimum absolute atomic E-state index is 0.0234. The lowest BCUT2D eigenvalue weighted by atomic mass is 10.2. The van der Waals surface area contributed by atoms with Crippen LogP contribution >= 0.6 is 22.9 Å². The summed E-state index contributed by atoms with van der Waals surface area (Å²) in [6.45, 7) is 0.818. The third-order valence-corrected chi connectivity index (χ3v) is 3.65. The summed E-state index contributed by atoms with van der Waals surface area (Å²) in [5, 5.41) is 5.68. The van der Waals surface area contributed by atoms with Gasteiger partial charge in [0.05, 0.1) is 18.9 Å². The molecular formula is C14H15ClN2O3S. The number of methoxy groups -OCH3 is 1. The Morgan fingerprint density at radius 2 is 2.19 bits per heavy atom. The molecule has 0 atom stereocenters. The normalized spacial score (nSPS) is 10.6. The van der Waals surface area contributed by atoms with Gasteiger partial charge in [0, 0.05) is 23.1 Å². The van der Waals surface area contributed by atoms with Crippen molar-refractivity contribution in [2.24, 2.45) is 0 Å². The van der Waals surface area contributed by atoms with Gasteiger partial charge in [-0.3, -0.25) is 10.1 Å². The van der Waals surface area contributed by atoms with Gasteiger partial charge in [-0.15, -0.1) is 11.3 Å². The molecule has 5 nitrogen and oxygen atoms in total. The third kappa shape index (κ3) is 4.78. The zero-order valence-electron chi connectivity index (χ0n) is 11.5. The van der Waals surface area contributed by atoms with Crippen LogP contribution in [0.3, 0.4) is 0 Å². The zero-order valence-corrected chi connectivity index (χ0v) is 13.0. The number of aromatic nitrogens is 1. The quantitative estimate of drug-likeness (QED) is 0.794. The molecule has 7 heteroatoms. The van der Waals surface area contributed by atoms with Crippen molar-refractivity contribution in [3.63, 3.8) is 0 Å². The van der Waals surface area contributed by atoms with Gasteiger partial charge in [0.1, 0.15) is 6.61 Å². The number of carbonyl (C=O) groups excluding carboxylic acids is 1. The molecule has 2 rings (SSSR count). The summed E-state index contributed by atoms with van der Waals surface area (Å²) < 4.78 is 9.96. The number of rotatable bonds is 7. The van der Waals surface area contributed by atoms with Crippen LogP contribution in [-0.2, 0) is 14.3 Å². The summed E-state index contributed by atoms with van der Waals surface area (Å²) in [4.78, 5) is 16.0. The molecule has 1 heterocycles. The van der Waals surface area contributed by atoms with Crippen LogP contribution < -0.4 is 5.32 Å². The molecule has 0 saturated carbocycles. The van der Waals surface area contributed by atoms with Crippen molar-refractivity contribution >= 4 is 34.0 Å². The maximum Gasteiger partial charge on any atom is 0.252 e. The van der Waals surface area contributed by atoms with Crippen molar-refractivity contribution in [2.45, 2.75) is 0 Å². The molecule has 0 spiro atoms. The van der Waals surface area contributed by atoms with E-state index in [2.05, 4.69) is 10.3 Å². The Hall–Kier alpha value is -1.47. The lowest BCUT2D eigenvalue weighted by Gasteiger charge is -2.03. The van der Waals surface area contributed by atoms with Crippen molar-refractivity contribution in [1.29, 1.82) is 0 Å². The number of nitrogens with one attached hydrogen (secondary N) is 1. The number of amides is 1. The maximum atomic E-state index is 11.7. The van der Waals surface area contributed by atoms with Crippen LogP contribution in [0.4, 0.5) is 5.13 Å². The fraction of sp³-hybridized carbons (Fsp3) is 0.286. The van der Waals surface area contributed by atoms with Crippen LogP contribution in [-0.4, -0.2) is 37.8 Å². The van der Waals surface area contributed by atoms with Crippen molar-refractivity contribution in [1.82, 2.24) is 4.98 Å². The second-order valence-corrected chi connectivity index (χ2v) is 5.38.